The van der Waals surface area contributed by atoms with E-state index in [9.17, 15) is 5.11 Å². The lowest BCUT2D eigenvalue weighted by atomic mass is 9.98. The monoisotopic (exact) mass is 288 g/mol. The summed E-state index contributed by atoms with van der Waals surface area (Å²) in [6.07, 6.45) is 0. The van der Waals surface area contributed by atoms with Crippen molar-refractivity contribution in [3.63, 3.8) is 0 Å². The van der Waals surface area contributed by atoms with E-state index in [0.717, 1.165) is 28.0 Å². The summed E-state index contributed by atoms with van der Waals surface area (Å²) in [4.78, 5) is 0. The lowest BCUT2D eigenvalue weighted by Crippen LogP contribution is -1.94. The highest BCUT2D eigenvalue weighted by molar-refractivity contribution is 5.76. The van der Waals surface area contributed by atoms with Crippen molar-refractivity contribution in [1.82, 2.24) is 0 Å². The third-order valence-electron chi connectivity index (χ3n) is 3.61. The molecule has 0 saturated carbocycles. The Labute approximate surface area is 124 Å². The van der Waals surface area contributed by atoms with Crippen molar-refractivity contribution in [2.24, 2.45) is 0 Å². The van der Waals surface area contributed by atoms with E-state index in [2.05, 4.69) is 6.07 Å². The minimum atomic E-state index is -0.00782. The number of ether oxygens (including phenoxy) is 3. The van der Waals surface area contributed by atoms with Gasteiger partial charge in [-0.15, -0.1) is 0 Å². The molecule has 0 unspecified atom stereocenters. The van der Waals surface area contributed by atoms with Crippen molar-refractivity contribution in [2.45, 2.75) is 13.8 Å². The second kappa shape index (κ2) is 5.95. The molecular formula is C17H20O4. The Morgan fingerprint density at radius 3 is 1.67 bits per heavy atom. The molecule has 4 nitrogen and oxygen atoms in total. The van der Waals surface area contributed by atoms with Crippen LogP contribution in [0.3, 0.4) is 0 Å². The molecule has 0 aliphatic rings. The Kier molecular flexibility index (Phi) is 4.26. The Hall–Kier alpha value is -2.36. The van der Waals surface area contributed by atoms with Crippen LogP contribution in [0.15, 0.2) is 24.3 Å². The third-order valence-corrected chi connectivity index (χ3v) is 3.61. The predicted octanol–water partition coefficient (Wildman–Crippen LogP) is 3.70. The molecule has 2 aromatic carbocycles. The van der Waals surface area contributed by atoms with E-state index in [1.807, 2.05) is 19.9 Å². The smallest absolute Gasteiger partial charge is 0.200 e. The van der Waals surface area contributed by atoms with Crippen LogP contribution in [0.2, 0.25) is 0 Å². The predicted molar refractivity (Wildman–Crippen MR) is 82.7 cm³/mol. The van der Waals surface area contributed by atoms with E-state index in [1.165, 1.54) is 14.2 Å². The van der Waals surface area contributed by atoms with Crippen LogP contribution in [-0.4, -0.2) is 26.4 Å². The second-order valence-electron chi connectivity index (χ2n) is 4.87. The first-order chi connectivity index (χ1) is 10.0. The molecule has 0 amide bonds. The molecule has 2 aromatic rings. The van der Waals surface area contributed by atoms with Crippen LogP contribution in [0, 0.1) is 13.8 Å². The molecule has 0 aliphatic carbocycles. The number of phenolic OH excluding ortho intramolecular Hbond substituents is 1. The highest BCUT2D eigenvalue weighted by Crippen LogP contribution is 2.42. The standard InChI is InChI=1S/C17H20O4/c1-10-6-13(14(19-3)7-11(10)2)12-8-15(20-4)17(18)16(9-12)21-5/h6-9,18H,1-5H3. The first-order valence-electron chi connectivity index (χ1n) is 6.62. The summed E-state index contributed by atoms with van der Waals surface area (Å²) in [5, 5.41) is 10.0. The summed E-state index contributed by atoms with van der Waals surface area (Å²) < 4.78 is 15.9. The fourth-order valence-electron chi connectivity index (χ4n) is 2.23. The molecule has 0 heterocycles. The zero-order valence-electron chi connectivity index (χ0n) is 13.0. The number of benzene rings is 2. The molecule has 0 aromatic heterocycles. The van der Waals surface area contributed by atoms with Crippen molar-refractivity contribution >= 4 is 0 Å². The number of aromatic hydroxyl groups is 1. The van der Waals surface area contributed by atoms with Gasteiger partial charge in [-0.05, 0) is 54.8 Å². The first kappa shape index (κ1) is 15.0. The fraction of sp³-hybridized carbons (Fsp3) is 0.294. The quantitative estimate of drug-likeness (QED) is 0.932. The summed E-state index contributed by atoms with van der Waals surface area (Å²) >= 11 is 0. The molecule has 0 saturated heterocycles. The summed E-state index contributed by atoms with van der Waals surface area (Å²) in [5.74, 6) is 1.49. The van der Waals surface area contributed by atoms with E-state index in [-0.39, 0.29) is 5.75 Å². The van der Waals surface area contributed by atoms with E-state index < -0.39 is 0 Å². The van der Waals surface area contributed by atoms with Gasteiger partial charge in [-0.2, -0.15) is 0 Å². The average Bonchev–Trinajstić information content (AvgIpc) is 2.49. The molecule has 4 heteroatoms. The molecule has 0 atom stereocenters. The van der Waals surface area contributed by atoms with Gasteiger partial charge in [0.2, 0.25) is 5.75 Å². The van der Waals surface area contributed by atoms with E-state index in [4.69, 9.17) is 14.2 Å². The van der Waals surface area contributed by atoms with Crippen LogP contribution in [0.4, 0.5) is 0 Å². The average molecular weight is 288 g/mol. The van der Waals surface area contributed by atoms with E-state index in [1.54, 1.807) is 19.2 Å². The van der Waals surface area contributed by atoms with E-state index >= 15 is 0 Å². The summed E-state index contributed by atoms with van der Waals surface area (Å²) in [6, 6.07) is 7.59. The number of hydrogen-bond acceptors (Lipinski definition) is 4. The highest BCUT2D eigenvalue weighted by Gasteiger charge is 2.15. The molecule has 112 valence electrons. The van der Waals surface area contributed by atoms with Crippen LogP contribution in [0.25, 0.3) is 11.1 Å². The van der Waals surface area contributed by atoms with Gasteiger partial charge in [0.15, 0.2) is 11.5 Å². The van der Waals surface area contributed by atoms with Crippen molar-refractivity contribution in [1.29, 1.82) is 0 Å². The van der Waals surface area contributed by atoms with Gasteiger partial charge in [0.25, 0.3) is 0 Å². The first-order valence-corrected chi connectivity index (χ1v) is 6.62. The normalized spacial score (nSPS) is 10.3. The van der Waals surface area contributed by atoms with Gasteiger partial charge in [0.05, 0.1) is 21.3 Å². The molecule has 1 N–H and O–H groups in total. The van der Waals surface area contributed by atoms with Gasteiger partial charge >= 0.3 is 0 Å². The van der Waals surface area contributed by atoms with Crippen molar-refractivity contribution in [3.05, 3.63) is 35.4 Å². The molecule has 0 aliphatic heterocycles. The minimum absolute atomic E-state index is 0.00782. The van der Waals surface area contributed by atoms with Gasteiger partial charge in [0.1, 0.15) is 5.75 Å². The molecule has 0 bridgehead atoms. The molecule has 2 rings (SSSR count). The molecular weight excluding hydrogens is 268 g/mol. The van der Waals surface area contributed by atoms with Crippen LogP contribution in [0.5, 0.6) is 23.0 Å². The van der Waals surface area contributed by atoms with Gasteiger partial charge in [-0.1, -0.05) is 0 Å². The molecule has 0 radical (unpaired) electrons. The maximum Gasteiger partial charge on any atom is 0.200 e. The lowest BCUT2D eigenvalue weighted by molar-refractivity contribution is 0.340. The highest BCUT2D eigenvalue weighted by atomic mass is 16.5. The van der Waals surface area contributed by atoms with Crippen molar-refractivity contribution < 1.29 is 19.3 Å². The number of hydrogen-bond donors (Lipinski definition) is 1. The molecule has 0 fully saturated rings. The maximum atomic E-state index is 10.0. The van der Waals surface area contributed by atoms with Gasteiger partial charge in [0, 0.05) is 5.56 Å². The van der Waals surface area contributed by atoms with Crippen LogP contribution in [-0.2, 0) is 0 Å². The van der Waals surface area contributed by atoms with Gasteiger partial charge < -0.3 is 19.3 Å². The van der Waals surface area contributed by atoms with Crippen LogP contribution in [0.1, 0.15) is 11.1 Å². The Bertz CT molecular complexity index is 637. The Balaban J connectivity index is 2.69. The van der Waals surface area contributed by atoms with Crippen LogP contribution >= 0.6 is 0 Å². The van der Waals surface area contributed by atoms with Gasteiger partial charge in [-0.25, -0.2) is 0 Å². The van der Waals surface area contributed by atoms with Crippen molar-refractivity contribution in [3.8, 4) is 34.1 Å². The summed E-state index contributed by atoms with van der Waals surface area (Å²) in [7, 11) is 4.66. The third kappa shape index (κ3) is 2.75. The summed E-state index contributed by atoms with van der Waals surface area (Å²) in [5.41, 5.74) is 4.11. The van der Waals surface area contributed by atoms with E-state index in [0.29, 0.717) is 11.5 Å². The maximum absolute atomic E-state index is 10.0. The zero-order chi connectivity index (χ0) is 15.6. The fourth-order valence-corrected chi connectivity index (χ4v) is 2.23. The number of phenols is 1. The Morgan fingerprint density at radius 1 is 0.714 bits per heavy atom. The molecule has 0 spiro atoms. The van der Waals surface area contributed by atoms with Crippen molar-refractivity contribution in [2.75, 3.05) is 21.3 Å². The van der Waals surface area contributed by atoms with Crippen LogP contribution < -0.4 is 14.2 Å². The second-order valence-corrected chi connectivity index (χ2v) is 4.87. The molecule has 21 heavy (non-hydrogen) atoms. The van der Waals surface area contributed by atoms with Gasteiger partial charge in [-0.3, -0.25) is 0 Å². The number of rotatable bonds is 4. The topological polar surface area (TPSA) is 47.9 Å². The number of methoxy groups -OCH3 is 3. The summed E-state index contributed by atoms with van der Waals surface area (Å²) in [6.45, 7) is 4.09. The zero-order valence-corrected chi connectivity index (χ0v) is 13.0. The Morgan fingerprint density at radius 2 is 1.19 bits per heavy atom. The SMILES string of the molecule is COc1cc(C)c(C)cc1-c1cc(OC)c(O)c(OC)c1. The number of aryl methyl sites for hydroxylation is 2. The minimum Gasteiger partial charge on any atom is -0.502 e. The largest absolute Gasteiger partial charge is 0.502 e. The lowest BCUT2D eigenvalue weighted by Gasteiger charge is -2.15.